The topological polar surface area (TPSA) is 144 Å². The van der Waals surface area contributed by atoms with Crippen LogP contribution in [0, 0.1) is 0 Å². The molecule has 0 bridgehead atoms. The minimum Gasteiger partial charge on any atom is -0.463 e. The van der Waals surface area contributed by atoms with Gasteiger partial charge in [0.15, 0.2) is 0 Å². The van der Waals surface area contributed by atoms with E-state index in [2.05, 4.69) is 35.1 Å². The molecule has 0 aromatic heterocycles. The first-order chi connectivity index (χ1) is 23.5. The third-order valence-electron chi connectivity index (χ3n) is 8.53. The highest BCUT2D eigenvalue weighted by atomic mass is 16.5. The van der Waals surface area contributed by atoms with E-state index in [1.165, 1.54) is 77.0 Å². The fraction of sp³-hybridized carbons (Fsp3) is 0.921. The van der Waals surface area contributed by atoms with Gasteiger partial charge >= 0.3 is 18.0 Å². The average molecular weight is 684 g/mol. The van der Waals surface area contributed by atoms with Crippen LogP contribution in [0.4, 0.5) is 4.79 Å². The molecule has 2 amide bonds. The van der Waals surface area contributed by atoms with Crippen LogP contribution in [-0.2, 0) is 19.1 Å². The molecule has 6 N–H and O–H groups in total. The molecular weight excluding hydrogens is 606 g/mol. The molecule has 0 atom stereocenters. The van der Waals surface area contributed by atoms with E-state index in [-0.39, 0.29) is 31.2 Å². The molecule has 10 nitrogen and oxygen atoms in total. The normalized spacial score (nSPS) is 11.2. The first-order valence-electron chi connectivity index (χ1n) is 20.0. The predicted molar refractivity (Wildman–Crippen MR) is 199 cm³/mol. The van der Waals surface area contributed by atoms with Gasteiger partial charge in [-0.1, -0.05) is 117 Å². The van der Waals surface area contributed by atoms with E-state index in [9.17, 15) is 14.4 Å². The maximum Gasteiger partial charge on any atom is 0.315 e. The van der Waals surface area contributed by atoms with E-state index in [1.54, 1.807) is 0 Å². The lowest BCUT2D eigenvalue weighted by atomic mass is 10.1. The number of nitrogens with one attached hydrogen (secondary N) is 4. The third kappa shape index (κ3) is 35.4. The number of urea groups is 1. The maximum absolute atomic E-state index is 12.6. The lowest BCUT2D eigenvalue weighted by molar-refractivity contribution is -0.147. The Morgan fingerprint density at radius 1 is 0.500 bits per heavy atom. The van der Waals surface area contributed by atoms with E-state index in [0.717, 1.165) is 96.9 Å². The number of esters is 2. The van der Waals surface area contributed by atoms with Crippen LogP contribution in [0.25, 0.3) is 0 Å². The van der Waals surface area contributed by atoms with Crippen molar-refractivity contribution in [3.8, 4) is 0 Å². The summed E-state index contributed by atoms with van der Waals surface area (Å²) in [5.41, 5.74) is 5.50. The van der Waals surface area contributed by atoms with Crippen molar-refractivity contribution in [2.24, 2.45) is 5.73 Å². The Labute approximate surface area is 294 Å². The van der Waals surface area contributed by atoms with E-state index >= 15 is 0 Å². The molecule has 0 unspecified atom stereocenters. The molecule has 0 saturated carbocycles. The van der Waals surface area contributed by atoms with Crippen LogP contribution in [-0.4, -0.2) is 76.5 Å². The number of nitrogens with two attached hydrogens (primary N) is 1. The summed E-state index contributed by atoms with van der Waals surface area (Å²) in [6, 6.07) is -0.950. The molecule has 48 heavy (non-hydrogen) atoms. The van der Waals surface area contributed by atoms with Crippen molar-refractivity contribution in [2.45, 2.75) is 174 Å². The van der Waals surface area contributed by atoms with Gasteiger partial charge in [0.25, 0.3) is 0 Å². The summed E-state index contributed by atoms with van der Waals surface area (Å²) in [5.74, 6) is -0.549. The largest absolute Gasteiger partial charge is 0.463 e. The number of rotatable bonds is 37. The SMILES string of the molecule is CCCCCCCCCCCC(=O)OCC(COC(=O)CCCCCCCCCCC)NC(=O)NCCCNCCCCNCCCN. The molecule has 0 rings (SSSR count). The number of hydrogen-bond donors (Lipinski definition) is 5. The van der Waals surface area contributed by atoms with Crippen LogP contribution >= 0.6 is 0 Å². The summed E-state index contributed by atoms with van der Waals surface area (Å²) in [4.78, 5) is 37.4. The van der Waals surface area contributed by atoms with E-state index < -0.39 is 6.04 Å². The standard InChI is InChI=1S/C38H77N5O5/c1-3-5-7-9-11-13-15-17-19-25-36(44)47-33-35(34-48-37(45)26-20-18-16-14-12-10-8-6-4-2)43-38(46)42-32-24-31-41-29-22-21-28-40-30-23-27-39/h35,40-41H,3-34,39H2,1-2H3,(H2,42,43,46). The smallest absolute Gasteiger partial charge is 0.315 e. The summed E-state index contributed by atoms with van der Waals surface area (Å²) < 4.78 is 11.0. The number of carbonyl (C=O) groups excluding carboxylic acids is 3. The molecule has 0 spiro atoms. The van der Waals surface area contributed by atoms with Crippen molar-refractivity contribution < 1.29 is 23.9 Å². The van der Waals surface area contributed by atoms with Gasteiger partial charge in [-0.05, 0) is 71.2 Å². The van der Waals surface area contributed by atoms with E-state index in [1.807, 2.05) is 0 Å². The van der Waals surface area contributed by atoms with Crippen molar-refractivity contribution in [3.63, 3.8) is 0 Å². The molecule has 0 saturated heterocycles. The minimum atomic E-state index is -0.597. The fourth-order valence-electron chi connectivity index (χ4n) is 5.45. The first-order valence-corrected chi connectivity index (χ1v) is 20.0. The van der Waals surface area contributed by atoms with Crippen molar-refractivity contribution in [2.75, 3.05) is 52.5 Å². The van der Waals surface area contributed by atoms with Gasteiger partial charge in [0.05, 0.1) is 6.04 Å². The average Bonchev–Trinajstić information content (AvgIpc) is 3.08. The maximum atomic E-state index is 12.6. The van der Waals surface area contributed by atoms with Crippen molar-refractivity contribution in [1.29, 1.82) is 0 Å². The van der Waals surface area contributed by atoms with Crippen LogP contribution in [0.2, 0.25) is 0 Å². The van der Waals surface area contributed by atoms with Gasteiger partial charge in [-0.15, -0.1) is 0 Å². The number of carbonyl (C=O) groups is 3. The van der Waals surface area contributed by atoms with Gasteiger partial charge < -0.3 is 36.5 Å². The highest BCUT2D eigenvalue weighted by Gasteiger charge is 2.17. The molecule has 0 aromatic rings. The second-order valence-corrected chi connectivity index (χ2v) is 13.3. The Bertz CT molecular complexity index is 690. The Balaban J connectivity index is 4.33. The summed E-state index contributed by atoms with van der Waals surface area (Å²) in [6.07, 6.45) is 26.0. The van der Waals surface area contributed by atoms with Crippen LogP contribution in [0.15, 0.2) is 0 Å². The first kappa shape index (κ1) is 46.1. The Kier molecular flexibility index (Phi) is 36.4. The summed E-state index contributed by atoms with van der Waals surface area (Å²) in [7, 11) is 0. The minimum absolute atomic E-state index is 0.0162. The zero-order valence-electron chi connectivity index (χ0n) is 31.3. The zero-order chi connectivity index (χ0) is 35.2. The van der Waals surface area contributed by atoms with E-state index in [4.69, 9.17) is 15.2 Å². The fourth-order valence-corrected chi connectivity index (χ4v) is 5.45. The lowest BCUT2D eigenvalue weighted by Gasteiger charge is -2.19. The van der Waals surface area contributed by atoms with Gasteiger partial charge in [-0.25, -0.2) is 4.79 Å². The predicted octanol–water partition coefficient (Wildman–Crippen LogP) is 7.28. The number of unbranched alkanes of at least 4 members (excludes halogenated alkanes) is 17. The summed E-state index contributed by atoms with van der Waals surface area (Å²) in [5, 5.41) is 12.5. The van der Waals surface area contributed by atoms with Gasteiger partial charge in [0.2, 0.25) is 0 Å². The molecule has 10 heteroatoms. The quantitative estimate of drug-likeness (QED) is 0.0340. The van der Waals surface area contributed by atoms with Gasteiger partial charge in [-0.2, -0.15) is 0 Å². The van der Waals surface area contributed by atoms with Gasteiger partial charge in [0, 0.05) is 19.4 Å². The number of ether oxygens (including phenoxy) is 2. The Morgan fingerprint density at radius 3 is 1.33 bits per heavy atom. The molecule has 0 aliphatic rings. The molecule has 0 aliphatic heterocycles. The molecule has 0 fully saturated rings. The number of amides is 2. The molecule has 0 aromatic carbocycles. The van der Waals surface area contributed by atoms with Crippen LogP contribution in [0.3, 0.4) is 0 Å². The molecule has 0 aliphatic carbocycles. The van der Waals surface area contributed by atoms with Crippen LogP contribution in [0.1, 0.15) is 168 Å². The summed E-state index contributed by atoms with van der Waals surface area (Å²) >= 11 is 0. The van der Waals surface area contributed by atoms with Crippen molar-refractivity contribution >= 4 is 18.0 Å². The van der Waals surface area contributed by atoms with Gasteiger partial charge in [-0.3, -0.25) is 9.59 Å². The van der Waals surface area contributed by atoms with E-state index in [0.29, 0.717) is 19.4 Å². The molecule has 284 valence electrons. The van der Waals surface area contributed by atoms with Crippen LogP contribution < -0.4 is 27.0 Å². The van der Waals surface area contributed by atoms with Crippen molar-refractivity contribution in [1.82, 2.24) is 21.3 Å². The second-order valence-electron chi connectivity index (χ2n) is 13.3. The Morgan fingerprint density at radius 2 is 0.896 bits per heavy atom. The second kappa shape index (κ2) is 37.9. The number of hydrogen-bond acceptors (Lipinski definition) is 8. The molecular formula is C38H77N5O5. The van der Waals surface area contributed by atoms with Crippen LogP contribution in [0.5, 0.6) is 0 Å². The molecule has 0 radical (unpaired) electrons. The zero-order valence-corrected chi connectivity index (χ0v) is 31.3. The Hall–Kier alpha value is -1.91. The van der Waals surface area contributed by atoms with Crippen molar-refractivity contribution in [3.05, 3.63) is 0 Å². The monoisotopic (exact) mass is 684 g/mol. The highest BCUT2D eigenvalue weighted by molar-refractivity contribution is 5.74. The summed E-state index contributed by atoms with van der Waals surface area (Å²) in [6.45, 7) is 9.41. The third-order valence-corrected chi connectivity index (χ3v) is 8.53. The molecule has 0 heterocycles. The highest BCUT2D eigenvalue weighted by Crippen LogP contribution is 2.12. The van der Waals surface area contributed by atoms with Gasteiger partial charge in [0.1, 0.15) is 13.2 Å². The lowest BCUT2D eigenvalue weighted by Crippen LogP contribution is -2.47.